The standard InChI is InChI=1S/C14H14FNO3S/c1-14(19,9-4-5-20-7-9)8-16-13(18)11-6-10(15)2-3-12(11)17/h2-7,17,19H,8H2,1H3,(H,16,18). The number of benzene rings is 1. The third-order valence-corrected chi connectivity index (χ3v) is 3.62. The normalized spacial score (nSPS) is 13.8. The first-order valence-corrected chi connectivity index (χ1v) is 6.86. The maximum Gasteiger partial charge on any atom is 0.255 e. The molecule has 20 heavy (non-hydrogen) atoms. The number of aromatic hydroxyl groups is 1. The zero-order valence-electron chi connectivity index (χ0n) is 10.8. The molecule has 1 heterocycles. The molecule has 0 spiro atoms. The van der Waals surface area contributed by atoms with Gasteiger partial charge >= 0.3 is 0 Å². The van der Waals surface area contributed by atoms with Crippen molar-refractivity contribution in [2.75, 3.05) is 6.54 Å². The number of carbonyl (C=O) groups excluding carboxylic acids is 1. The monoisotopic (exact) mass is 295 g/mol. The lowest BCUT2D eigenvalue weighted by atomic mass is 9.99. The Morgan fingerprint density at radius 3 is 2.85 bits per heavy atom. The van der Waals surface area contributed by atoms with Crippen LogP contribution in [0, 0.1) is 5.82 Å². The van der Waals surface area contributed by atoms with Gasteiger partial charge in [-0.25, -0.2) is 4.39 Å². The summed E-state index contributed by atoms with van der Waals surface area (Å²) in [6, 6.07) is 4.88. The van der Waals surface area contributed by atoms with Crippen molar-refractivity contribution in [2.45, 2.75) is 12.5 Å². The molecule has 0 saturated carbocycles. The topological polar surface area (TPSA) is 69.6 Å². The number of hydrogen-bond acceptors (Lipinski definition) is 4. The highest BCUT2D eigenvalue weighted by Crippen LogP contribution is 2.23. The van der Waals surface area contributed by atoms with Crippen molar-refractivity contribution in [2.24, 2.45) is 0 Å². The summed E-state index contributed by atoms with van der Waals surface area (Å²) in [5.41, 5.74) is -0.698. The number of halogens is 1. The summed E-state index contributed by atoms with van der Waals surface area (Å²) in [4.78, 5) is 11.9. The first-order chi connectivity index (χ1) is 9.40. The van der Waals surface area contributed by atoms with Gasteiger partial charge in [-0.1, -0.05) is 0 Å². The molecule has 2 aromatic rings. The second kappa shape index (κ2) is 5.60. The highest BCUT2D eigenvalue weighted by molar-refractivity contribution is 7.08. The van der Waals surface area contributed by atoms with Gasteiger partial charge < -0.3 is 15.5 Å². The van der Waals surface area contributed by atoms with Gasteiger partial charge in [-0.3, -0.25) is 4.79 Å². The van der Waals surface area contributed by atoms with Crippen LogP contribution in [0.4, 0.5) is 4.39 Å². The Labute approximate surface area is 119 Å². The largest absolute Gasteiger partial charge is 0.507 e. The van der Waals surface area contributed by atoms with Crippen LogP contribution in [0.3, 0.4) is 0 Å². The quantitative estimate of drug-likeness (QED) is 0.810. The molecule has 106 valence electrons. The molecule has 2 rings (SSSR count). The third kappa shape index (κ3) is 3.15. The first kappa shape index (κ1) is 14.5. The number of aliphatic hydroxyl groups is 1. The Kier molecular flexibility index (Phi) is 4.06. The summed E-state index contributed by atoms with van der Waals surface area (Å²) in [7, 11) is 0. The van der Waals surface area contributed by atoms with E-state index in [1.54, 1.807) is 18.4 Å². The SMILES string of the molecule is CC(O)(CNC(=O)c1cc(F)ccc1O)c1ccsc1. The van der Waals surface area contributed by atoms with E-state index in [1.807, 2.05) is 5.38 Å². The molecule has 0 bridgehead atoms. The van der Waals surface area contributed by atoms with Gasteiger partial charge in [-0.2, -0.15) is 11.3 Å². The highest BCUT2D eigenvalue weighted by atomic mass is 32.1. The maximum absolute atomic E-state index is 13.1. The molecular formula is C14H14FNO3S. The average Bonchev–Trinajstić information content (AvgIpc) is 2.93. The number of rotatable bonds is 4. The molecule has 0 aliphatic heterocycles. The van der Waals surface area contributed by atoms with E-state index in [1.165, 1.54) is 11.3 Å². The van der Waals surface area contributed by atoms with Crippen LogP contribution in [-0.4, -0.2) is 22.7 Å². The van der Waals surface area contributed by atoms with Gasteiger partial charge in [0.05, 0.1) is 12.1 Å². The van der Waals surface area contributed by atoms with Crippen LogP contribution in [0.2, 0.25) is 0 Å². The number of nitrogens with one attached hydrogen (secondary N) is 1. The number of amides is 1. The molecule has 1 aromatic heterocycles. The summed E-state index contributed by atoms with van der Waals surface area (Å²) in [6.45, 7) is 1.53. The van der Waals surface area contributed by atoms with Crippen molar-refractivity contribution in [1.29, 1.82) is 0 Å². The zero-order valence-corrected chi connectivity index (χ0v) is 11.6. The molecule has 0 radical (unpaired) electrons. The van der Waals surface area contributed by atoms with Gasteiger partial charge in [-0.05, 0) is 47.5 Å². The fraction of sp³-hybridized carbons (Fsp3) is 0.214. The van der Waals surface area contributed by atoms with Gasteiger partial charge in [0.25, 0.3) is 5.91 Å². The summed E-state index contributed by atoms with van der Waals surface area (Å²) in [5, 5.41) is 25.9. The van der Waals surface area contributed by atoms with Crippen LogP contribution < -0.4 is 5.32 Å². The molecule has 1 atom stereocenters. The Morgan fingerprint density at radius 1 is 1.45 bits per heavy atom. The van der Waals surface area contributed by atoms with Crippen LogP contribution in [0.1, 0.15) is 22.8 Å². The minimum atomic E-state index is -1.22. The Hall–Kier alpha value is -1.92. The molecule has 3 N–H and O–H groups in total. The van der Waals surface area contributed by atoms with Crippen LogP contribution in [-0.2, 0) is 5.60 Å². The van der Waals surface area contributed by atoms with Crippen molar-refractivity contribution in [3.8, 4) is 5.75 Å². The highest BCUT2D eigenvalue weighted by Gasteiger charge is 2.25. The van der Waals surface area contributed by atoms with E-state index in [-0.39, 0.29) is 17.9 Å². The average molecular weight is 295 g/mol. The molecule has 1 amide bonds. The molecule has 1 unspecified atom stereocenters. The van der Waals surface area contributed by atoms with Gasteiger partial charge in [0.1, 0.15) is 17.2 Å². The van der Waals surface area contributed by atoms with Crippen molar-refractivity contribution in [3.05, 3.63) is 52.0 Å². The van der Waals surface area contributed by atoms with Crippen LogP contribution in [0.25, 0.3) is 0 Å². The molecule has 0 fully saturated rings. The van der Waals surface area contributed by atoms with Crippen LogP contribution >= 0.6 is 11.3 Å². The number of thiophene rings is 1. The minimum absolute atomic E-state index is 0.0431. The van der Waals surface area contributed by atoms with Crippen molar-refractivity contribution in [1.82, 2.24) is 5.32 Å². The van der Waals surface area contributed by atoms with Crippen molar-refractivity contribution in [3.63, 3.8) is 0 Å². The summed E-state index contributed by atoms with van der Waals surface area (Å²) in [5.74, 6) is -1.56. The fourth-order valence-electron chi connectivity index (χ4n) is 1.71. The number of hydrogen-bond donors (Lipinski definition) is 3. The van der Waals surface area contributed by atoms with E-state index in [2.05, 4.69) is 5.32 Å². The van der Waals surface area contributed by atoms with Gasteiger partial charge in [0, 0.05) is 0 Å². The van der Waals surface area contributed by atoms with E-state index in [0.29, 0.717) is 5.56 Å². The summed E-state index contributed by atoms with van der Waals surface area (Å²) < 4.78 is 13.1. The zero-order chi connectivity index (χ0) is 14.8. The Morgan fingerprint density at radius 2 is 2.20 bits per heavy atom. The molecule has 0 saturated heterocycles. The van der Waals surface area contributed by atoms with E-state index >= 15 is 0 Å². The smallest absolute Gasteiger partial charge is 0.255 e. The van der Waals surface area contributed by atoms with E-state index in [4.69, 9.17) is 0 Å². The van der Waals surface area contributed by atoms with E-state index < -0.39 is 17.3 Å². The predicted molar refractivity (Wildman–Crippen MR) is 74.3 cm³/mol. The summed E-state index contributed by atoms with van der Waals surface area (Å²) in [6.07, 6.45) is 0. The second-order valence-electron chi connectivity index (χ2n) is 4.63. The van der Waals surface area contributed by atoms with E-state index in [9.17, 15) is 19.4 Å². The van der Waals surface area contributed by atoms with Crippen LogP contribution in [0.5, 0.6) is 5.75 Å². The lowest BCUT2D eigenvalue weighted by Crippen LogP contribution is -2.38. The number of carbonyl (C=O) groups is 1. The minimum Gasteiger partial charge on any atom is -0.507 e. The molecule has 0 aliphatic rings. The maximum atomic E-state index is 13.1. The first-order valence-electron chi connectivity index (χ1n) is 5.92. The molecule has 4 nitrogen and oxygen atoms in total. The Balaban J connectivity index is 2.07. The lowest BCUT2D eigenvalue weighted by Gasteiger charge is -2.22. The van der Waals surface area contributed by atoms with Gasteiger partial charge in [0.15, 0.2) is 0 Å². The van der Waals surface area contributed by atoms with Crippen LogP contribution in [0.15, 0.2) is 35.0 Å². The predicted octanol–water partition coefficient (Wildman–Crippen LogP) is 2.23. The molecule has 0 aliphatic carbocycles. The molecular weight excluding hydrogens is 281 g/mol. The summed E-state index contributed by atoms with van der Waals surface area (Å²) >= 11 is 1.44. The second-order valence-corrected chi connectivity index (χ2v) is 5.41. The third-order valence-electron chi connectivity index (χ3n) is 2.94. The van der Waals surface area contributed by atoms with Crippen molar-refractivity contribution < 1.29 is 19.4 Å². The van der Waals surface area contributed by atoms with Gasteiger partial charge in [0.2, 0.25) is 0 Å². The van der Waals surface area contributed by atoms with E-state index in [0.717, 1.165) is 18.2 Å². The lowest BCUT2D eigenvalue weighted by molar-refractivity contribution is 0.0529. The Bertz CT molecular complexity index is 611. The van der Waals surface area contributed by atoms with Gasteiger partial charge in [-0.15, -0.1) is 0 Å². The molecule has 1 aromatic carbocycles. The number of phenols is 1. The van der Waals surface area contributed by atoms with Crippen molar-refractivity contribution >= 4 is 17.2 Å². The number of phenolic OH excluding ortho intramolecular Hbond substituents is 1. The fourth-order valence-corrected chi connectivity index (χ4v) is 2.49. The molecule has 6 heteroatoms.